The van der Waals surface area contributed by atoms with Gasteiger partial charge in [-0.2, -0.15) is 5.10 Å². The number of carbonyl (C=O) groups is 2. The van der Waals surface area contributed by atoms with Crippen LogP contribution in [0.2, 0.25) is 0 Å². The van der Waals surface area contributed by atoms with E-state index in [0.717, 1.165) is 48.6 Å². The Bertz CT molecular complexity index is 2080. The number of aryl methyl sites for hydroxylation is 2. The maximum absolute atomic E-state index is 14.1. The molecule has 1 aliphatic carbocycles. The number of nitrogens with zero attached hydrogens (tertiary/aromatic N) is 4. The number of halogens is 1. The maximum Gasteiger partial charge on any atom is 0.328 e. The lowest BCUT2D eigenvalue weighted by Crippen LogP contribution is -2.59. The lowest BCUT2D eigenvalue weighted by molar-refractivity contribution is -0.0733. The molecule has 49 heavy (non-hydrogen) atoms. The molecule has 4 heterocycles. The van der Waals surface area contributed by atoms with Crippen LogP contribution in [0.25, 0.3) is 11.8 Å². The van der Waals surface area contributed by atoms with Gasteiger partial charge in [0.15, 0.2) is 17.3 Å². The van der Waals surface area contributed by atoms with E-state index in [-0.39, 0.29) is 34.8 Å². The van der Waals surface area contributed by atoms with Gasteiger partial charge < -0.3 is 20.5 Å². The Morgan fingerprint density at radius 2 is 1.84 bits per heavy atom. The first-order valence-electron chi connectivity index (χ1n) is 16.4. The average molecular weight is 662 g/mol. The molecule has 3 fully saturated rings. The number of para-hydroxylation sites is 1. The number of nitrogens with two attached hydrogens (primary N) is 1. The first kappa shape index (κ1) is 31.0. The van der Waals surface area contributed by atoms with Gasteiger partial charge in [0.2, 0.25) is 0 Å². The van der Waals surface area contributed by atoms with Crippen LogP contribution in [0, 0.1) is 25.1 Å². The third-order valence-electron chi connectivity index (χ3n) is 10.2. The molecule has 0 atom stereocenters. The van der Waals surface area contributed by atoms with Crippen molar-refractivity contribution in [3.63, 3.8) is 0 Å². The third kappa shape index (κ3) is 5.19. The molecule has 0 bridgehead atoms. The largest absolute Gasteiger partial charge is 0.454 e. The summed E-state index contributed by atoms with van der Waals surface area (Å²) in [5.41, 5.74) is 11.4. The van der Waals surface area contributed by atoms with E-state index >= 15 is 0 Å². The van der Waals surface area contributed by atoms with Crippen LogP contribution in [0.5, 0.6) is 11.5 Å². The average Bonchev–Trinajstić information content (AvgIpc) is 3.71. The number of allylic oxidation sites excluding steroid dienone is 1. The number of fused-ring (bicyclic) bond motifs is 1. The summed E-state index contributed by atoms with van der Waals surface area (Å²) < 4.78 is 26.7. The Morgan fingerprint density at radius 1 is 1.08 bits per heavy atom. The van der Waals surface area contributed by atoms with Gasteiger partial charge in [-0.25, -0.2) is 18.8 Å². The van der Waals surface area contributed by atoms with Crippen molar-refractivity contribution in [1.82, 2.24) is 20.0 Å². The van der Waals surface area contributed by atoms with Crippen LogP contribution in [0.15, 0.2) is 66.4 Å². The predicted octanol–water partition coefficient (Wildman–Crippen LogP) is 5.57. The molecule has 0 unspecified atom stereocenters. The van der Waals surface area contributed by atoms with E-state index in [1.54, 1.807) is 36.4 Å². The summed E-state index contributed by atoms with van der Waals surface area (Å²) in [6, 6.07) is 15.4. The van der Waals surface area contributed by atoms with Crippen LogP contribution in [-0.4, -0.2) is 70.2 Å². The van der Waals surface area contributed by atoms with E-state index in [0.29, 0.717) is 48.0 Å². The highest BCUT2D eigenvalue weighted by atomic mass is 19.1. The third-order valence-corrected chi connectivity index (χ3v) is 10.2. The summed E-state index contributed by atoms with van der Waals surface area (Å²) in [5, 5.41) is 16.7. The van der Waals surface area contributed by atoms with Gasteiger partial charge in [0, 0.05) is 25.1 Å². The highest BCUT2D eigenvalue weighted by molar-refractivity contribution is 6.25. The van der Waals surface area contributed by atoms with E-state index < -0.39 is 11.4 Å². The van der Waals surface area contributed by atoms with Crippen molar-refractivity contribution in [3.8, 4) is 17.2 Å². The Balaban J connectivity index is 0.984. The van der Waals surface area contributed by atoms with E-state index in [2.05, 4.69) is 15.3 Å². The summed E-state index contributed by atoms with van der Waals surface area (Å²) in [4.78, 5) is 31.1. The molecular weight excluding hydrogens is 625 g/mol. The van der Waals surface area contributed by atoms with Crippen molar-refractivity contribution in [2.45, 2.75) is 44.7 Å². The molecule has 2 amide bonds. The molecule has 1 aromatic heterocycles. The first-order chi connectivity index (χ1) is 23.6. The zero-order chi connectivity index (χ0) is 34.0. The zero-order valence-corrected chi connectivity index (χ0v) is 27.3. The second-order valence-electron chi connectivity index (χ2n) is 13.3. The van der Waals surface area contributed by atoms with Crippen LogP contribution in [-0.2, 0) is 11.2 Å². The second kappa shape index (κ2) is 11.7. The van der Waals surface area contributed by atoms with Gasteiger partial charge in [0.25, 0.3) is 0 Å². The standard InChI is InChI=1S/C37H36FN7O4/c1-21-13-23-15-25(16-24(23)17-31(21)44-35(40)37(42-36(44)47)9-11-43(12-10-37)26-19-48-20-26)33(46)28-18-41-45(34(28)39)30-8-7-27(14-22(30)2)49-32-6-4-3-5-29(32)38/h3-8,13-15,17-18,26,40H,9-12,16,19-20,39H2,1-2H3,(H,42,47). The van der Waals surface area contributed by atoms with Crippen molar-refractivity contribution in [2.75, 3.05) is 36.9 Å². The molecule has 8 rings (SSSR count). The highest BCUT2D eigenvalue weighted by Gasteiger charge is 2.51. The fraction of sp³-hybridized carbons (Fsp3) is 0.297. The number of rotatable bonds is 7. The van der Waals surface area contributed by atoms with Crippen LogP contribution >= 0.6 is 0 Å². The summed E-state index contributed by atoms with van der Waals surface area (Å²) in [6.45, 7) is 6.87. The number of nitrogen functional groups attached to an aromatic ring is 1. The van der Waals surface area contributed by atoms with Crippen LogP contribution in [0.4, 0.5) is 20.7 Å². The number of anilines is 2. The van der Waals surface area contributed by atoms with Crippen molar-refractivity contribution >= 4 is 35.2 Å². The summed E-state index contributed by atoms with van der Waals surface area (Å²) in [6.07, 6.45) is 5.05. The van der Waals surface area contributed by atoms with Gasteiger partial charge in [0.05, 0.1) is 42.4 Å². The van der Waals surface area contributed by atoms with Gasteiger partial charge in [-0.15, -0.1) is 0 Å². The highest BCUT2D eigenvalue weighted by Crippen LogP contribution is 2.39. The molecule has 250 valence electrons. The van der Waals surface area contributed by atoms with Crippen molar-refractivity contribution < 1.29 is 23.5 Å². The van der Waals surface area contributed by atoms with E-state index in [4.69, 9.17) is 20.6 Å². The van der Waals surface area contributed by atoms with Crippen LogP contribution < -0.4 is 20.7 Å². The zero-order valence-electron chi connectivity index (χ0n) is 27.3. The number of ether oxygens (including phenoxy) is 2. The number of urea groups is 1. The summed E-state index contributed by atoms with van der Waals surface area (Å²) in [7, 11) is 0. The number of carbonyl (C=O) groups excluding carboxylic acids is 2. The molecule has 0 saturated carbocycles. The molecule has 4 aromatic rings. The lowest BCUT2D eigenvalue weighted by atomic mass is 9.86. The first-order valence-corrected chi connectivity index (χ1v) is 16.4. The van der Waals surface area contributed by atoms with Crippen molar-refractivity contribution in [1.29, 1.82) is 5.41 Å². The number of nitrogens with one attached hydrogen (secondary N) is 2. The fourth-order valence-electron chi connectivity index (χ4n) is 7.29. The minimum atomic E-state index is -0.688. The number of likely N-dealkylation sites (tertiary alicyclic amines) is 1. The van der Waals surface area contributed by atoms with Crippen LogP contribution in [0.1, 0.15) is 45.5 Å². The molecule has 3 aliphatic heterocycles. The Labute approximate surface area is 282 Å². The van der Waals surface area contributed by atoms with E-state index in [1.165, 1.54) is 21.8 Å². The quantitative estimate of drug-likeness (QED) is 0.220. The maximum atomic E-state index is 14.1. The molecule has 1 spiro atoms. The van der Waals surface area contributed by atoms with Gasteiger partial charge in [-0.3, -0.25) is 15.1 Å². The minimum Gasteiger partial charge on any atom is -0.454 e. The number of piperidine rings is 1. The molecule has 12 heteroatoms. The Hall–Kier alpha value is -5.33. The van der Waals surface area contributed by atoms with Gasteiger partial charge in [-0.05, 0) is 97.5 Å². The summed E-state index contributed by atoms with van der Waals surface area (Å²) >= 11 is 0. The molecule has 0 radical (unpaired) electrons. The number of aromatic nitrogens is 2. The number of amidine groups is 1. The number of ketones is 1. The van der Waals surface area contributed by atoms with Crippen molar-refractivity contribution in [2.24, 2.45) is 0 Å². The van der Waals surface area contributed by atoms with Gasteiger partial charge in [-0.1, -0.05) is 12.1 Å². The van der Waals surface area contributed by atoms with Gasteiger partial charge in [0.1, 0.15) is 22.9 Å². The Morgan fingerprint density at radius 3 is 2.55 bits per heavy atom. The SMILES string of the molecule is Cc1cc2c(cc1N1C(=N)C3(CCN(C4COC4)CC3)NC1=O)CC(C(=O)c1cnn(-c3ccc(Oc4ccccc4F)cc3C)c1N)=C2. The number of hydrogen-bond donors (Lipinski definition) is 3. The normalized spacial score (nSPS) is 18.8. The van der Waals surface area contributed by atoms with Gasteiger partial charge >= 0.3 is 6.03 Å². The van der Waals surface area contributed by atoms with E-state index in [1.807, 2.05) is 32.1 Å². The number of hydrogen-bond acceptors (Lipinski definition) is 8. The van der Waals surface area contributed by atoms with E-state index in [9.17, 15) is 14.0 Å². The van der Waals surface area contributed by atoms with Crippen LogP contribution in [0.3, 0.4) is 0 Å². The predicted molar refractivity (Wildman–Crippen MR) is 183 cm³/mol. The smallest absolute Gasteiger partial charge is 0.328 e. The lowest BCUT2D eigenvalue weighted by Gasteiger charge is -2.44. The molecule has 3 saturated heterocycles. The second-order valence-corrected chi connectivity index (χ2v) is 13.3. The molecule has 3 aromatic carbocycles. The molecule has 4 N–H and O–H groups in total. The monoisotopic (exact) mass is 661 g/mol. The van der Waals surface area contributed by atoms with Crippen molar-refractivity contribution in [3.05, 3.63) is 100 Å². The molecule has 4 aliphatic rings. The molecule has 11 nitrogen and oxygen atoms in total. The Kier molecular flexibility index (Phi) is 7.38. The number of benzene rings is 3. The fourth-order valence-corrected chi connectivity index (χ4v) is 7.29. The molecular formula is C37H36FN7O4. The number of Topliss-reactive ketones (excluding diaryl/α,β-unsaturated/α-hetero) is 1. The summed E-state index contributed by atoms with van der Waals surface area (Å²) in [5.74, 6) is 0.363. The minimum absolute atomic E-state index is 0.121. The number of amides is 2. The topological polar surface area (TPSA) is 139 Å².